The van der Waals surface area contributed by atoms with Crippen LogP contribution in [-0.4, -0.2) is 37.1 Å². The molecule has 1 aliphatic heterocycles. The van der Waals surface area contributed by atoms with Crippen molar-refractivity contribution in [3.05, 3.63) is 33.9 Å². The van der Waals surface area contributed by atoms with Crippen LogP contribution in [0.4, 0.5) is 11.4 Å². The summed E-state index contributed by atoms with van der Waals surface area (Å²) in [5, 5.41) is 17.5. The molecule has 1 heterocycles. The molecule has 2 rings (SSSR count). The number of nitrogens with one attached hydrogen (secondary N) is 2. The highest BCUT2D eigenvalue weighted by Gasteiger charge is 2.21. The molecule has 0 aliphatic carbocycles. The van der Waals surface area contributed by atoms with E-state index in [0.717, 1.165) is 25.9 Å². The molecule has 0 amide bonds. The SMILES string of the molecule is CC.COC(=O)c1ccc(NC2CCCNC2)c([N+](=O)[O-])c1. The van der Waals surface area contributed by atoms with E-state index in [1.54, 1.807) is 6.07 Å². The van der Waals surface area contributed by atoms with E-state index in [4.69, 9.17) is 0 Å². The van der Waals surface area contributed by atoms with Gasteiger partial charge in [-0.05, 0) is 31.5 Å². The molecule has 0 aromatic heterocycles. The highest BCUT2D eigenvalue weighted by molar-refractivity contribution is 5.91. The van der Waals surface area contributed by atoms with Crippen LogP contribution in [0.2, 0.25) is 0 Å². The number of nitro groups is 1. The highest BCUT2D eigenvalue weighted by Crippen LogP contribution is 2.27. The van der Waals surface area contributed by atoms with Crippen LogP contribution in [0.25, 0.3) is 0 Å². The third-order valence-corrected chi connectivity index (χ3v) is 3.27. The van der Waals surface area contributed by atoms with Gasteiger partial charge in [-0.2, -0.15) is 0 Å². The Kier molecular flexibility index (Phi) is 7.31. The Balaban J connectivity index is 0.00000116. The fourth-order valence-corrected chi connectivity index (χ4v) is 2.24. The Morgan fingerprint density at radius 1 is 1.45 bits per heavy atom. The topological polar surface area (TPSA) is 93.5 Å². The first kappa shape index (κ1) is 17.9. The van der Waals surface area contributed by atoms with E-state index in [-0.39, 0.29) is 17.3 Å². The lowest BCUT2D eigenvalue weighted by Gasteiger charge is -2.24. The molecule has 1 aromatic rings. The molecule has 1 atom stereocenters. The summed E-state index contributed by atoms with van der Waals surface area (Å²) in [6.45, 7) is 5.75. The summed E-state index contributed by atoms with van der Waals surface area (Å²) in [5.74, 6) is -0.584. The van der Waals surface area contributed by atoms with Crippen LogP contribution in [0.3, 0.4) is 0 Å². The van der Waals surface area contributed by atoms with Crippen LogP contribution in [0.5, 0.6) is 0 Å². The maximum atomic E-state index is 11.4. The van der Waals surface area contributed by atoms with E-state index in [1.807, 2.05) is 13.8 Å². The number of anilines is 1. The largest absolute Gasteiger partial charge is 0.465 e. The normalized spacial score (nSPS) is 17.0. The zero-order valence-electron chi connectivity index (χ0n) is 13.2. The van der Waals surface area contributed by atoms with Gasteiger partial charge in [0.2, 0.25) is 0 Å². The number of carbonyl (C=O) groups is 1. The van der Waals surface area contributed by atoms with Gasteiger partial charge >= 0.3 is 5.97 Å². The minimum atomic E-state index is -0.584. The van der Waals surface area contributed by atoms with Crippen LogP contribution in [0, 0.1) is 10.1 Å². The number of methoxy groups -OCH3 is 1. The van der Waals surface area contributed by atoms with Gasteiger partial charge in [-0.25, -0.2) is 4.79 Å². The number of nitrogens with zero attached hydrogens (tertiary/aromatic N) is 1. The lowest BCUT2D eigenvalue weighted by atomic mass is 10.1. The first-order valence-electron chi connectivity index (χ1n) is 7.46. The van der Waals surface area contributed by atoms with Crippen LogP contribution < -0.4 is 10.6 Å². The number of benzene rings is 1. The zero-order chi connectivity index (χ0) is 16.5. The lowest BCUT2D eigenvalue weighted by molar-refractivity contribution is -0.384. The summed E-state index contributed by atoms with van der Waals surface area (Å²) >= 11 is 0. The third kappa shape index (κ3) is 4.70. The molecule has 0 spiro atoms. The van der Waals surface area contributed by atoms with Crippen molar-refractivity contribution in [1.29, 1.82) is 0 Å². The zero-order valence-corrected chi connectivity index (χ0v) is 13.2. The van der Waals surface area contributed by atoms with Crippen LogP contribution in [0.15, 0.2) is 18.2 Å². The molecule has 1 aromatic carbocycles. The van der Waals surface area contributed by atoms with E-state index >= 15 is 0 Å². The van der Waals surface area contributed by atoms with Crippen LogP contribution in [-0.2, 0) is 4.74 Å². The number of hydrogen-bond donors (Lipinski definition) is 2. The molecule has 1 fully saturated rings. The van der Waals surface area contributed by atoms with Gasteiger partial charge in [-0.15, -0.1) is 0 Å². The first-order chi connectivity index (χ1) is 10.6. The number of nitro benzene ring substituents is 1. The minimum Gasteiger partial charge on any atom is -0.465 e. The number of rotatable bonds is 4. The molecule has 1 aliphatic rings. The number of ether oxygens (including phenoxy) is 1. The molecule has 2 N–H and O–H groups in total. The standard InChI is InChI=1S/C13H17N3O4.C2H6/c1-20-13(17)9-4-5-11(12(7-9)16(18)19)15-10-3-2-6-14-8-10;1-2/h4-5,7,10,14-15H,2-3,6,8H2,1H3;1-2H3. The van der Waals surface area contributed by atoms with Gasteiger partial charge < -0.3 is 15.4 Å². The maximum absolute atomic E-state index is 11.4. The van der Waals surface area contributed by atoms with Crippen LogP contribution in [0.1, 0.15) is 37.0 Å². The number of hydrogen-bond acceptors (Lipinski definition) is 6. The van der Waals surface area contributed by atoms with Crippen molar-refractivity contribution in [3.8, 4) is 0 Å². The number of piperidine rings is 1. The second kappa shape index (κ2) is 8.99. The molecule has 22 heavy (non-hydrogen) atoms. The molecule has 122 valence electrons. The predicted octanol–water partition coefficient (Wildman–Crippen LogP) is 2.57. The molecule has 7 nitrogen and oxygen atoms in total. The summed E-state index contributed by atoms with van der Waals surface area (Å²) in [6, 6.07) is 4.48. The van der Waals surface area contributed by atoms with Crippen molar-refractivity contribution in [1.82, 2.24) is 5.32 Å². The highest BCUT2D eigenvalue weighted by atomic mass is 16.6. The Morgan fingerprint density at radius 2 is 2.18 bits per heavy atom. The summed E-state index contributed by atoms with van der Waals surface area (Å²) < 4.78 is 4.57. The molecule has 1 unspecified atom stereocenters. The number of carbonyl (C=O) groups excluding carboxylic acids is 1. The van der Waals surface area contributed by atoms with Crippen molar-refractivity contribution in [2.75, 3.05) is 25.5 Å². The van der Waals surface area contributed by atoms with Crippen molar-refractivity contribution in [2.24, 2.45) is 0 Å². The van der Waals surface area contributed by atoms with E-state index < -0.39 is 10.9 Å². The molecule has 0 bridgehead atoms. The smallest absolute Gasteiger partial charge is 0.338 e. The Labute approximate surface area is 130 Å². The fraction of sp³-hybridized carbons (Fsp3) is 0.533. The van der Waals surface area contributed by atoms with Gasteiger partial charge in [0.25, 0.3) is 5.69 Å². The van der Waals surface area contributed by atoms with Gasteiger partial charge in [0.05, 0.1) is 17.6 Å². The average Bonchev–Trinajstić information content (AvgIpc) is 2.57. The van der Waals surface area contributed by atoms with Crippen molar-refractivity contribution in [3.63, 3.8) is 0 Å². The second-order valence-corrected chi connectivity index (χ2v) is 4.67. The fourth-order valence-electron chi connectivity index (χ4n) is 2.24. The number of esters is 1. The Hall–Kier alpha value is -2.15. The van der Waals surface area contributed by atoms with Crippen molar-refractivity contribution < 1.29 is 14.5 Å². The van der Waals surface area contributed by atoms with Crippen molar-refractivity contribution in [2.45, 2.75) is 32.7 Å². The van der Waals surface area contributed by atoms with Gasteiger partial charge in [0, 0.05) is 18.7 Å². The summed E-state index contributed by atoms with van der Waals surface area (Å²) in [6.07, 6.45) is 1.99. The van der Waals surface area contributed by atoms with Crippen LogP contribution >= 0.6 is 0 Å². The van der Waals surface area contributed by atoms with Gasteiger partial charge in [0.15, 0.2) is 0 Å². The van der Waals surface area contributed by atoms with E-state index in [2.05, 4.69) is 15.4 Å². The summed E-state index contributed by atoms with van der Waals surface area (Å²) in [4.78, 5) is 22.0. The van der Waals surface area contributed by atoms with Gasteiger partial charge in [0.1, 0.15) is 5.69 Å². The van der Waals surface area contributed by atoms with Gasteiger partial charge in [-0.3, -0.25) is 10.1 Å². The van der Waals surface area contributed by atoms with Gasteiger partial charge in [-0.1, -0.05) is 13.8 Å². The molecule has 1 saturated heterocycles. The molecular weight excluding hydrogens is 286 g/mol. The second-order valence-electron chi connectivity index (χ2n) is 4.67. The Morgan fingerprint density at radius 3 is 2.73 bits per heavy atom. The minimum absolute atomic E-state index is 0.113. The Bertz CT molecular complexity index is 514. The first-order valence-corrected chi connectivity index (χ1v) is 7.46. The quantitative estimate of drug-likeness (QED) is 0.504. The van der Waals surface area contributed by atoms with E-state index in [0.29, 0.717) is 5.69 Å². The molecule has 0 saturated carbocycles. The third-order valence-electron chi connectivity index (χ3n) is 3.27. The summed E-state index contributed by atoms with van der Waals surface area (Å²) in [7, 11) is 1.24. The maximum Gasteiger partial charge on any atom is 0.338 e. The summed E-state index contributed by atoms with van der Waals surface area (Å²) in [5.41, 5.74) is 0.487. The van der Waals surface area contributed by atoms with E-state index in [9.17, 15) is 14.9 Å². The molecule has 0 radical (unpaired) electrons. The molecular formula is C15H23N3O4. The average molecular weight is 309 g/mol. The monoisotopic (exact) mass is 309 g/mol. The lowest BCUT2D eigenvalue weighted by Crippen LogP contribution is -2.38. The van der Waals surface area contributed by atoms with E-state index in [1.165, 1.54) is 19.2 Å². The molecule has 7 heteroatoms. The van der Waals surface area contributed by atoms with Crippen molar-refractivity contribution >= 4 is 17.3 Å². The predicted molar refractivity (Wildman–Crippen MR) is 85.3 cm³/mol.